The molecule has 0 aromatic rings. The van der Waals surface area contributed by atoms with Gasteiger partial charge in [0, 0.05) is 6.54 Å². The third-order valence-electron chi connectivity index (χ3n) is 1.77. The maximum atomic E-state index is 11.2. The highest BCUT2D eigenvalue weighted by Crippen LogP contribution is 2.00. The van der Waals surface area contributed by atoms with Crippen LogP contribution in [-0.4, -0.2) is 24.2 Å². The van der Waals surface area contributed by atoms with E-state index in [1.807, 2.05) is 20.8 Å². The first-order valence-corrected chi connectivity index (χ1v) is 4.50. The van der Waals surface area contributed by atoms with Crippen LogP contribution < -0.4 is 5.32 Å². The van der Waals surface area contributed by atoms with Gasteiger partial charge in [-0.05, 0) is 12.3 Å². The first-order chi connectivity index (χ1) is 5.61. The number of amides is 1. The van der Waals surface area contributed by atoms with E-state index in [-0.39, 0.29) is 18.4 Å². The van der Waals surface area contributed by atoms with Crippen LogP contribution in [0.2, 0.25) is 0 Å². The number of nitrogens with one attached hydrogen (secondary N) is 1. The molecular formula is C9H19NO2. The Labute approximate surface area is 74.2 Å². The van der Waals surface area contributed by atoms with Gasteiger partial charge in [-0.15, -0.1) is 0 Å². The van der Waals surface area contributed by atoms with Crippen LogP contribution in [-0.2, 0) is 4.79 Å². The highest BCUT2D eigenvalue weighted by atomic mass is 16.3. The molecule has 72 valence electrons. The fourth-order valence-corrected chi connectivity index (χ4v) is 0.846. The number of hydrogen-bond donors (Lipinski definition) is 2. The van der Waals surface area contributed by atoms with Crippen LogP contribution in [0.25, 0.3) is 0 Å². The fourth-order valence-electron chi connectivity index (χ4n) is 0.846. The van der Waals surface area contributed by atoms with Crippen molar-refractivity contribution in [3.05, 3.63) is 0 Å². The topological polar surface area (TPSA) is 49.3 Å². The summed E-state index contributed by atoms with van der Waals surface area (Å²) in [6.07, 6.45) is 0.695. The van der Waals surface area contributed by atoms with Gasteiger partial charge in [0.25, 0.3) is 0 Å². The summed E-state index contributed by atoms with van der Waals surface area (Å²) in [5, 5.41) is 11.6. The lowest BCUT2D eigenvalue weighted by molar-refractivity contribution is -0.126. The molecule has 0 heterocycles. The van der Waals surface area contributed by atoms with Gasteiger partial charge in [-0.25, -0.2) is 0 Å². The summed E-state index contributed by atoms with van der Waals surface area (Å²) in [6, 6.07) is 0. The summed E-state index contributed by atoms with van der Waals surface area (Å²) in [4.78, 5) is 11.2. The van der Waals surface area contributed by atoms with Gasteiger partial charge in [-0.1, -0.05) is 20.8 Å². The molecule has 3 heteroatoms. The molecule has 12 heavy (non-hydrogen) atoms. The van der Waals surface area contributed by atoms with E-state index in [9.17, 15) is 4.79 Å². The molecule has 0 radical (unpaired) electrons. The Morgan fingerprint density at radius 3 is 2.42 bits per heavy atom. The van der Waals surface area contributed by atoms with Crippen LogP contribution in [0.15, 0.2) is 0 Å². The van der Waals surface area contributed by atoms with Crippen LogP contribution in [0, 0.1) is 11.8 Å². The minimum absolute atomic E-state index is 0.0336. The lowest BCUT2D eigenvalue weighted by Crippen LogP contribution is -2.34. The zero-order valence-electron chi connectivity index (χ0n) is 8.13. The van der Waals surface area contributed by atoms with Gasteiger partial charge < -0.3 is 10.4 Å². The van der Waals surface area contributed by atoms with Crippen molar-refractivity contribution in [2.75, 3.05) is 13.2 Å². The van der Waals surface area contributed by atoms with Crippen molar-refractivity contribution in [3.63, 3.8) is 0 Å². The van der Waals surface area contributed by atoms with Crippen LogP contribution in [0.3, 0.4) is 0 Å². The average Bonchev–Trinajstić information content (AvgIpc) is 2.03. The molecule has 0 aliphatic carbocycles. The molecular weight excluding hydrogens is 154 g/mol. The normalized spacial score (nSPS) is 13.1. The number of carbonyl (C=O) groups is 1. The van der Waals surface area contributed by atoms with E-state index in [0.29, 0.717) is 18.9 Å². The highest BCUT2D eigenvalue weighted by Gasteiger charge is 2.14. The number of carbonyl (C=O) groups excluding carboxylic acids is 1. The Bertz CT molecular complexity index is 130. The minimum atomic E-state index is -0.233. The average molecular weight is 173 g/mol. The van der Waals surface area contributed by atoms with Crippen LogP contribution in [0.4, 0.5) is 0 Å². The number of aliphatic hydroxyl groups excluding tert-OH is 1. The SMILES string of the molecule is CCC(CO)C(=O)NCC(C)C. The van der Waals surface area contributed by atoms with Crippen molar-refractivity contribution in [3.8, 4) is 0 Å². The third-order valence-corrected chi connectivity index (χ3v) is 1.77. The molecule has 1 amide bonds. The molecule has 0 aromatic carbocycles. The maximum Gasteiger partial charge on any atom is 0.225 e. The van der Waals surface area contributed by atoms with Gasteiger partial charge in [-0.2, -0.15) is 0 Å². The van der Waals surface area contributed by atoms with Crippen LogP contribution in [0.1, 0.15) is 27.2 Å². The quantitative estimate of drug-likeness (QED) is 0.645. The standard InChI is InChI=1S/C9H19NO2/c1-4-8(6-11)9(12)10-5-7(2)3/h7-8,11H,4-6H2,1-3H3,(H,10,12). The largest absolute Gasteiger partial charge is 0.396 e. The number of hydrogen-bond acceptors (Lipinski definition) is 2. The Hall–Kier alpha value is -0.570. The molecule has 2 N–H and O–H groups in total. The maximum absolute atomic E-state index is 11.2. The van der Waals surface area contributed by atoms with E-state index in [2.05, 4.69) is 5.32 Å². The Balaban J connectivity index is 3.69. The van der Waals surface area contributed by atoms with Crippen molar-refractivity contribution in [1.29, 1.82) is 0 Å². The molecule has 0 aliphatic heterocycles. The third kappa shape index (κ3) is 4.34. The molecule has 1 atom stereocenters. The Kier molecular flexibility index (Phi) is 5.72. The van der Waals surface area contributed by atoms with Gasteiger partial charge >= 0.3 is 0 Å². The van der Waals surface area contributed by atoms with Crippen molar-refractivity contribution >= 4 is 5.91 Å². The van der Waals surface area contributed by atoms with Gasteiger partial charge in [0.2, 0.25) is 5.91 Å². The van der Waals surface area contributed by atoms with Crippen molar-refractivity contribution in [2.24, 2.45) is 11.8 Å². The molecule has 0 aromatic heterocycles. The Morgan fingerprint density at radius 1 is 1.50 bits per heavy atom. The highest BCUT2D eigenvalue weighted by molar-refractivity contribution is 5.78. The molecule has 0 aliphatic rings. The van der Waals surface area contributed by atoms with Gasteiger partial charge in [0.15, 0.2) is 0 Å². The predicted molar refractivity (Wildman–Crippen MR) is 48.7 cm³/mol. The Morgan fingerprint density at radius 2 is 2.08 bits per heavy atom. The van der Waals surface area contributed by atoms with Gasteiger partial charge in [-0.3, -0.25) is 4.79 Å². The number of rotatable bonds is 5. The molecule has 3 nitrogen and oxygen atoms in total. The predicted octanol–water partition coefficient (Wildman–Crippen LogP) is 0.777. The molecule has 0 saturated heterocycles. The summed E-state index contributed by atoms with van der Waals surface area (Å²) < 4.78 is 0. The van der Waals surface area contributed by atoms with E-state index in [4.69, 9.17) is 5.11 Å². The first-order valence-electron chi connectivity index (χ1n) is 4.50. The monoisotopic (exact) mass is 173 g/mol. The lowest BCUT2D eigenvalue weighted by Gasteiger charge is -2.13. The van der Waals surface area contributed by atoms with Gasteiger partial charge in [0.05, 0.1) is 12.5 Å². The molecule has 0 rings (SSSR count). The van der Waals surface area contributed by atoms with E-state index < -0.39 is 0 Å². The summed E-state index contributed by atoms with van der Waals surface area (Å²) in [6.45, 7) is 6.62. The van der Waals surface area contributed by atoms with Crippen molar-refractivity contribution in [1.82, 2.24) is 5.32 Å². The van der Waals surface area contributed by atoms with Gasteiger partial charge in [0.1, 0.15) is 0 Å². The van der Waals surface area contributed by atoms with Crippen molar-refractivity contribution in [2.45, 2.75) is 27.2 Å². The second-order valence-corrected chi connectivity index (χ2v) is 3.43. The number of aliphatic hydroxyl groups is 1. The zero-order valence-corrected chi connectivity index (χ0v) is 8.13. The second kappa shape index (κ2) is 6.00. The minimum Gasteiger partial charge on any atom is -0.396 e. The molecule has 1 unspecified atom stereocenters. The summed E-state index contributed by atoms with van der Waals surface area (Å²) in [5.74, 6) is 0.197. The second-order valence-electron chi connectivity index (χ2n) is 3.43. The van der Waals surface area contributed by atoms with E-state index in [1.54, 1.807) is 0 Å². The zero-order chi connectivity index (χ0) is 9.56. The molecule has 0 bridgehead atoms. The summed E-state index contributed by atoms with van der Waals surface area (Å²) in [5.41, 5.74) is 0. The first kappa shape index (κ1) is 11.4. The van der Waals surface area contributed by atoms with E-state index in [1.165, 1.54) is 0 Å². The molecule has 0 fully saturated rings. The van der Waals surface area contributed by atoms with Crippen molar-refractivity contribution < 1.29 is 9.90 Å². The van der Waals surface area contributed by atoms with Crippen LogP contribution >= 0.6 is 0 Å². The fraction of sp³-hybridized carbons (Fsp3) is 0.889. The lowest BCUT2D eigenvalue weighted by atomic mass is 10.1. The molecule has 0 saturated carbocycles. The summed E-state index contributed by atoms with van der Waals surface area (Å²) in [7, 11) is 0. The van der Waals surface area contributed by atoms with Crippen LogP contribution in [0.5, 0.6) is 0 Å². The summed E-state index contributed by atoms with van der Waals surface area (Å²) >= 11 is 0. The molecule has 0 spiro atoms. The van der Waals surface area contributed by atoms with E-state index in [0.717, 1.165) is 0 Å². The smallest absolute Gasteiger partial charge is 0.225 e. The van der Waals surface area contributed by atoms with E-state index >= 15 is 0 Å².